The molecule has 1 amide bonds. The van der Waals surface area contributed by atoms with E-state index < -0.39 is 0 Å². The summed E-state index contributed by atoms with van der Waals surface area (Å²) in [5.41, 5.74) is 3.63. The maximum absolute atomic E-state index is 12.7. The number of amides is 1. The number of nitrogens with zero attached hydrogens (tertiary/aromatic N) is 3. The van der Waals surface area contributed by atoms with E-state index in [-0.39, 0.29) is 17.7 Å². The van der Waals surface area contributed by atoms with Gasteiger partial charge in [-0.15, -0.1) is 0 Å². The number of anilines is 1. The van der Waals surface area contributed by atoms with Crippen molar-refractivity contribution in [3.63, 3.8) is 0 Å². The molecule has 0 saturated carbocycles. The van der Waals surface area contributed by atoms with Crippen molar-refractivity contribution in [1.29, 1.82) is 0 Å². The van der Waals surface area contributed by atoms with E-state index in [1.54, 1.807) is 4.68 Å². The fourth-order valence-electron chi connectivity index (χ4n) is 3.75. The summed E-state index contributed by atoms with van der Waals surface area (Å²) >= 11 is 0. The predicted molar refractivity (Wildman–Crippen MR) is 104 cm³/mol. The lowest BCUT2D eigenvalue weighted by atomic mass is 9.90. The van der Waals surface area contributed by atoms with Crippen molar-refractivity contribution in [2.24, 2.45) is 13.0 Å². The average Bonchev–Trinajstić information content (AvgIpc) is 3.28. The van der Waals surface area contributed by atoms with E-state index in [9.17, 15) is 4.79 Å². The number of benzene rings is 1. The Balaban J connectivity index is 1.55. The number of hydrogen-bond donors (Lipinski definition) is 2. The quantitative estimate of drug-likeness (QED) is 0.793. The molecule has 1 aromatic carbocycles. The minimum Gasteiger partial charge on any atom is -0.370 e. The van der Waals surface area contributed by atoms with Gasteiger partial charge in [0.05, 0.1) is 12.1 Å². The highest BCUT2D eigenvalue weighted by Crippen LogP contribution is 2.27. The second kappa shape index (κ2) is 8.36. The molecule has 1 saturated heterocycles. The summed E-state index contributed by atoms with van der Waals surface area (Å²) in [5.74, 6) is 0.291. The molecule has 0 bridgehead atoms. The molecule has 2 atom stereocenters. The van der Waals surface area contributed by atoms with Crippen molar-refractivity contribution in [3.05, 3.63) is 47.8 Å². The van der Waals surface area contributed by atoms with Gasteiger partial charge in [0.1, 0.15) is 0 Å². The molecule has 0 unspecified atom stereocenters. The van der Waals surface area contributed by atoms with Gasteiger partial charge in [-0.1, -0.05) is 18.2 Å². The van der Waals surface area contributed by atoms with Gasteiger partial charge in [-0.3, -0.25) is 9.48 Å². The van der Waals surface area contributed by atoms with Crippen LogP contribution in [0.1, 0.15) is 24.0 Å². The first kappa shape index (κ1) is 18.5. The SMILES string of the molecule is CCN(CCNC(=O)[C@H]1CNC[C@@H]1c1cnn(C)c1)c1ccccc1C. The van der Waals surface area contributed by atoms with Crippen LogP contribution in [-0.4, -0.2) is 48.4 Å². The fraction of sp³-hybridized carbons (Fsp3) is 0.500. The van der Waals surface area contributed by atoms with Crippen molar-refractivity contribution >= 4 is 11.6 Å². The molecule has 1 aliphatic rings. The molecular formula is C20H29N5O. The van der Waals surface area contributed by atoms with Gasteiger partial charge < -0.3 is 15.5 Å². The Bertz CT molecular complexity index is 741. The first-order valence-corrected chi connectivity index (χ1v) is 9.37. The molecule has 2 N–H and O–H groups in total. The number of rotatable bonds is 7. The summed E-state index contributed by atoms with van der Waals surface area (Å²) in [4.78, 5) is 15.0. The van der Waals surface area contributed by atoms with Gasteiger partial charge in [0, 0.05) is 57.6 Å². The molecule has 26 heavy (non-hydrogen) atoms. The third-order valence-electron chi connectivity index (χ3n) is 5.22. The smallest absolute Gasteiger partial charge is 0.225 e. The number of hydrogen-bond acceptors (Lipinski definition) is 4. The van der Waals surface area contributed by atoms with Gasteiger partial charge >= 0.3 is 0 Å². The van der Waals surface area contributed by atoms with Crippen LogP contribution in [0.4, 0.5) is 5.69 Å². The zero-order valence-electron chi connectivity index (χ0n) is 15.9. The minimum atomic E-state index is -0.0345. The summed E-state index contributed by atoms with van der Waals surface area (Å²) in [5, 5.41) is 10.7. The highest BCUT2D eigenvalue weighted by atomic mass is 16.1. The lowest BCUT2D eigenvalue weighted by molar-refractivity contribution is -0.124. The topological polar surface area (TPSA) is 62.2 Å². The van der Waals surface area contributed by atoms with Crippen LogP contribution < -0.4 is 15.5 Å². The lowest BCUT2D eigenvalue weighted by Gasteiger charge is -2.25. The van der Waals surface area contributed by atoms with E-state index in [0.29, 0.717) is 6.54 Å². The summed E-state index contributed by atoms with van der Waals surface area (Å²) in [7, 11) is 1.91. The largest absolute Gasteiger partial charge is 0.370 e. The predicted octanol–water partition coefficient (Wildman–Crippen LogP) is 1.67. The molecule has 1 aliphatic heterocycles. The van der Waals surface area contributed by atoms with Crippen LogP contribution in [0.15, 0.2) is 36.7 Å². The second-order valence-electron chi connectivity index (χ2n) is 6.98. The van der Waals surface area contributed by atoms with Crippen LogP contribution in [0.2, 0.25) is 0 Å². The fourth-order valence-corrected chi connectivity index (χ4v) is 3.75. The zero-order chi connectivity index (χ0) is 18.5. The highest BCUT2D eigenvalue weighted by Gasteiger charge is 2.34. The molecule has 3 rings (SSSR count). The molecular weight excluding hydrogens is 326 g/mol. The van der Waals surface area contributed by atoms with E-state index in [2.05, 4.69) is 58.7 Å². The van der Waals surface area contributed by atoms with Gasteiger partial charge in [-0.25, -0.2) is 0 Å². The van der Waals surface area contributed by atoms with E-state index >= 15 is 0 Å². The molecule has 1 aromatic heterocycles. The normalized spacial score (nSPS) is 19.5. The van der Waals surface area contributed by atoms with E-state index in [1.807, 2.05) is 19.4 Å². The molecule has 140 valence electrons. The van der Waals surface area contributed by atoms with Crippen LogP contribution in [0.3, 0.4) is 0 Å². The number of para-hydroxylation sites is 1. The molecule has 0 radical (unpaired) electrons. The number of carbonyl (C=O) groups excluding carboxylic acids is 1. The third-order valence-corrected chi connectivity index (χ3v) is 5.22. The Hall–Kier alpha value is -2.34. The summed E-state index contributed by atoms with van der Waals surface area (Å²) in [6.45, 7) is 8.20. The molecule has 2 aromatic rings. The average molecular weight is 355 g/mol. The Morgan fingerprint density at radius 1 is 1.38 bits per heavy atom. The maximum Gasteiger partial charge on any atom is 0.225 e. The molecule has 0 aliphatic carbocycles. The van der Waals surface area contributed by atoms with Gasteiger partial charge in [-0.2, -0.15) is 5.10 Å². The van der Waals surface area contributed by atoms with Crippen LogP contribution in [0.5, 0.6) is 0 Å². The van der Waals surface area contributed by atoms with Crippen molar-refractivity contribution in [2.75, 3.05) is 37.6 Å². The minimum absolute atomic E-state index is 0.0345. The Labute approximate surface area is 155 Å². The van der Waals surface area contributed by atoms with Crippen LogP contribution in [-0.2, 0) is 11.8 Å². The Morgan fingerprint density at radius 3 is 2.88 bits per heavy atom. The molecule has 6 heteroatoms. The Kier molecular flexibility index (Phi) is 5.93. The third kappa shape index (κ3) is 4.07. The summed E-state index contributed by atoms with van der Waals surface area (Å²) in [6.07, 6.45) is 3.88. The molecule has 6 nitrogen and oxygen atoms in total. The molecule has 0 spiro atoms. The summed E-state index contributed by atoms with van der Waals surface area (Å²) < 4.78 is 1.80. The van der Waals surface area contributed by atoms with Crippen molar-refractivity contribution in [3.8, 4) is 0 Å². The monoisotopic (exact) mass is 355 g/mol. The van der Waals surface area contributed by atoms with Crippen molar-refractivity contribution in [1.82, 2.24) is 20.4 Å². The lowest BCUT2D eigenvalue weighted by Crippen LogP contribution is -2.39. The van der Waals surface area contributed by atoms with E-state index in [4.69, 9.17) is 0 Å². The van der Waals surface area contributed by atoms with Gasteiger partial charge in [0.2, 0.25) is 5.91 Å². The van der Waals surface area contributed by atoms with Gasteiger partial charge in [0.25, 0.3) is 0 Å². The number of aromatic nitrogens is 2. The highest BCUT2D eigenvalue weighted by molar-refractivity contribution is 5.80. The van der Waals surface area contributed by atoms with Gasteiger partial charge in [0.15, 0.2) is 0 Å². The van der Waals surface area contributed by atoms with Crippen molar-refractivity contribution < 1.29 is 4.79 Å². The molecule has 1 fully saturated rings. The molecule has 2 heterocycles. The van der Waals surface area contributed by atoms with E-state index in [1.165, 1.54) is 11.3 Å². The van der Waals surface area contributed by atoms with Crippen LogP contribution >= 0.6 is 0 Å². The Morgan fingerprint density at radius 2 is 2.19 bits per heavy atom. The maximum atomic E-state index is 12.7. The number of nitrogens with one attached hydrogen (secondary N) is 2. The number of carbonyl (C=O) groups is 1. The van der Waals surface area contributed by atoms with Crippen LogP contribution in [0, 0.1) is 12.8 Å². The van der Waals surface area contributed by atoms with E-state index in [0.717, 1.165) is 31.7 Å². The first-order valence-electron chi connectivity index (χ1n) is 9.37. The first-order chi connectivity index (χ1) is 12.6. The summed E-state index contributed by atoms with van der Waals surface area (Å²) in [6, 6.07) is 8.38. The van der Waals surface area contributed by atoms with Crippen molar-refractivity contribution in [2.45, 2.75) is 19.8 Å². The number of likely N-dealkylation sites (N-methyl/N-ethyl adjacent to an activating group) is 1. The van der Waals surface area contributed by atoms with Crippen LogP contribution in [0.25, 0.3) is 0 Å². The van der Waals surface area contributed by atoms with Gasteiger partial charge in [-0.05, 0) is 31.0 Å². The standard InChI is InChI=1S/C20H29N5O/c1-4-25(19-8-6-5-7-15(19)2)10-9-22-20(26)18-13-21-12-17(18)16-11-23-24(3)14-16/h5-8,11,14,17-18,21H,4,9-10,12-13H2,1-3H3,(H,22,26)/t17-,18+/m1/s1. The zero-order valence-corrected chi connectivity index (χ0v) is 15.9. The second-order valence-corrected chi connectivity index (χ2v) is 6.98. The number of aryl methyl sites for hydroxylation is 2.